The maximum Gasteiger partial charge on any atom is 0.319 e. The largest absolute Gasteiger partial charge is 0.388 e. The molecule has 0 spiro atoms. The summed E-state index contributed by atoms with van der Waals surface area (Å²) in [5.41, 5.74) is 0.988. The molecule has 0 saturated carbocycles. The second kappa shape index (κ2) is 6.48. The molecule has 1 unspecified atom stereocenters. The number of nitrogens with zero attached hydrogens (tertiary/aromatic N) is 2. The monoisotopic (exact) mass is 288 g/mol. The van der Waals surface area contributed by atoms with Gasteiger partial charge in [0.25, 0.3) is 0 Å². The van der Waals surface area contributed by atoms with Gasteiger partial charge in [0.1, 0.15) is 0 Å². The van der Waals surface area contributed by atoms with Crippen molar-refractivity contribution in [3.63, 3.8) is 0 Å². The van der Waals surface area contributed by atoms with Crippen LogP contribution in [0.3, 0.4) is 0 Å². The zero-order chi connectivity index (χ0) is 14.7. The van der Waals surface area contributed by atoms with Crippen molar-refractivity contribution < 1.29 is 9.90 Å². The van der Waals surface area contributed by atoms with E-state index < -0.39 is 6.10 Å². The number of carbonyl (C=O) groups is 1. The van der Waals surface area contributed by atoms with E-state index in [9.17, 15) is 9.90 Å². The van der Waals surface area contributed by atoms with Crippen LogP contribution in [0.4, 0.5) is 4.79 Å². The van der Waals surface area contributed by atoms with Gasteiger partial charge in [-0.25, -0.2) is 4.79 Å². The summed E-state index contributed by atoms with van der Waals surface area (Å²) >= 11 is 0. The van der Waals surface area contributed by atoms with Crippen LogP contribution in [0.5, 0.6) is 0 Å². The summed E-state index contributed by atoms with van der Waals surface area (Å²) in [5, 5.41) is 10.5. The molecule has 3 rings (SSSR count). The van der Waals surface area contributed by atoms with Gasteiger partial charge in [0.2, 0.25) is 0 Å². The third kappa shape index (κ3) is 3.21. The van der Waals surface area contributed by atoms with Gasteiger partial charge in [-0.1, -0.05) is 30.3 Å². The Morgan fingerprint density at radius 2 is 1.57 bits per heavy atom. The molecule has 114 valence electrons. The van der Waals surface area contributed by atoms with Gasteiger partial charge >= 0.3 is 6.03 Å². The Labute approximate surface area is 126 Å². The number of benzene rings is 1. The maximum absolute atomic E-state index is 12.3. The van der Waals surface area contributed by atoms with Crippen LogP contribution in [0.25, 0.3) is 0 Å². The van der Waals surface area contributed by atoms with Crippen molar-refractivity contribution in [1.82, 2.24) is 9.80 Å². The molecule has 2 amide bonds. The maximum atomic E-state index is 12.3. The van der Waals surface area contributed by atoms with Gasteiger partial charge < -0.3 is 14.9 Å². The van der Waals surface area contributed by atoms with E-state index in [1.807, 2.05) is 40.1 Å². The van der Waals surface area contributed by atoms with Gasteiger partial charge in [0.05, 0.1) is 6.10 Å². The summed E-state index contributed by atoms with van der Waals surface area (Å²) in [5.74, 6) is 0.259. The summed E-state index contributed by atoms with van der Waals surface area (Å²) in [4.78, 5) is 16.3. The van der Waals surface area contributed by atoms with Crippen molar-refractivity contribution in [2.24, 2.45) is 5.92 Å². The first-order valence-electron chi connectivity index (χ1n) is 8.02. The molecule has 21 heavy (non-hydrogen) atoms. The second-order valence-electron chi connectivity index (χ2n) is 6.16. The van der Waals surface area contributed by atoms with Crippen LogP contribution < -0.4 is 0 Å². The van der Waals surface area contributed by atoms with E-state index in [0.29, 0.717) is 0 Å². The number of likely N-dealkylation sites (tertiary alicyclic amines) is 2. The van der Waals surface area contributed by atoms with E-state index >= 15 is 0 Å². The molecule has 1 N–H and O–H groups in total. The van der Waals surface area contributed by atoms with Crippen molar-refractivity contribution in [2.75, 3.05) is 26.2 Å². The van der Waals surface area contributed by atoms with Gasteiger partial charge in [0.15, 0.2) is 0 Å². The quantitative estimate of drug-likeness (QED) is 0.909. The van der Waals surface area contributed by atoms with Gasteiger partial charge in [-0.05, 0) is 37.2 Å². The molecule has 2 heterocycles. The molecular formula is C17H24N2O2. The van der Waals surface area contributed by atoms with Crippen LogP contribution in [0.15, 0.2) is 30.3 Å². The van der Waals surface area contributed by atoms with Crippen molar-refractivity contribution in [3.8, 4) is 0 Å². The molecule has 2 fully saturated rings. The summed E-state index contributed by atoms with van der Waals surface area (Å²) in [7, 11) is 0. The molecule has 1 aromatic rings. The molecule has 1 aromatic carbocycles. The number of aliphatic hydroxyl groups excluding tert-OH is 1. The number of rotatable bonds is 2. The fourth-order valence-corrected chi connectivity index (χ4v) is 3.44. The van der Waals surface area contributed by atoms with Crippen LogP contribution >= 0.6 is 0 Å². The fourth-order valence-electron chi connectivity index (χ4n) is 3.44. The number of urea groups is 1. The van der Waals surface area contributed by atoms with Gasteiger partial charge in [-0.2, -0.15) is 0 Å². The number of hydrogen-bond acceptors (Lipinski definition) is 2. The number of carbonyl (C=O) groups excluding carboxylic acids is 1. The Bertz CT molecular complexity index is 463. The lowest BCUT2D eigenvalue weighted by atomic mass is 9.87. The Hall–Kier alpha value is -1.55. The van der Waals surface area contributed by atoms with Crippen LogP contribution in [0.1, 0.15) is 37.4 Å². The summed E-state index contributed by atoms with van der Waals surface area (Å²) in [6.07, 6.45) is 3.63. The molecule has 0 bridgehead atoms. The average Bonchev–Trinajstić information content (AvgIpc) is 3.09. The molecular weight excluding hydrogens is 264 g/mol. The summed E-state index contributed by atoms with van der Waals surface area (Å²) in [6.45, 7) is 3.35. The number of amides is 2. The van der Waals surface area contributed by atoms with Crippen LogP contribution in [-0.2, 0) is 0 Å². The predicted molar refractivity (Wildman–Crippen MR) is 81.9 cm³/mol. The highest BCUT2D eigenvalue weighted by Gasteiger charge is 2.30. The number of hydrogen-bond donors (Lipinski definition) is 1. The Morgan fingerprint density at radius 3 is 2.19 bits per heavy atom. The molecule has 0 aliphatic carbocycles. The topological polar surface area (TPSA) is 43.8 Å². The van der Waals surface area contributed by atoms with E-state index in [4.69, 9.17) is 0 Å². The van der Waals surface area contributed by atoms with Crippen molar-refractivity contribution in [1.29, 1.82) is 0 Å². The van der Waals surface area contributed by atoms with Gasteiger partial charge in [-0.3, -0.25) is 0 Å². The molecule has 0 radical (unpaired) electrons. The Kier molecular flexibility index (Phi) is 4.44. The van der Waals surface area contributed by atoms with Crippen LogP contribution in [-0.4, -0.2) is 47.1 Å². The molecule has 2 saturated heterocycles. The minimum atomic E-state index is -0.407. The lowest BCUT2D eigenvalue weighted by Crippen LogP contribution is -2.46. The minimum absolute atomic E-state index is 0.195. The summed E-state index contributed by atoms with van der Waals surface area (Å²) in [6, 6.07) is 10.0. The minimum Gasteiger partial charge on any atom is -0.388 e. The lowest BCUT2D eigenvalue weighted by Gasteiger charge is -2.36. The van der Waals surface area contributed by atoms with Crippen LogP contribution in [0.2, 0.25) is 0 Å². The number of piperidine rings is 1. The normalized spacial score (nSPS) is 21.6. The van der Waals surface area contributed by atoms with Crippen molar-refractivity contribution in [3.05, 3.63) is 35.9 Å². The molecule has 2 aliphatic rings. The van der Waals surface area contributed by atoms with E-state index in [-0.39, 0.29) is 11.9 Å². The second-order valence-corrected chi connectivity index (χ2v) is 6.16. The highest BCUT2D eigenvalue weighted by Crippen LogP contribution is 2.31. The van der Waals surface area contributed by atoms with E-state index in [0.717, 1.165) is 57.4 Å². The van der Waals surface area contributed by atoms with E-state index in [2.05, 4.69) is 0 Å². The average molecular weight is 288 g/mol. The molecule has 0 aromatic heterocycles. The van der Waals surface area contributed by atoms with Crippen molar-refractivity contribution in [2.45, 2.75) is 31.8 Å². The Morgan fingerprint density at radius 1 is 1.00 bits per heavy atom. The van der Waals surface area contributed by atoms with E-state index in [1.165, 1.54) is 0 Å². The first kappa shape index (κ1) is 14.4. The molecule has 4 heteroatoms. The Balaban J connectivity index is 1.54. The van der Waals surface area contributed by atoms with Crippen molar-refractivity contribution >= 4 is 6.03 Å². The first-order valence-corrected chi connectivity index (χ1v) is 8.02. The van der Waals surface area contributed by atoms with Crippen LogP contribution in [0, 0.1) is 5.92 Å². The highest BCUT2D eigenvalue weighted by atomic mass is 16.3. The van der Waals surface area contributed by atoms with Gasteiger partial charge in [0, 0.05) is 26.2 Å². The highest BCUT2D eigenvalue weighted by molar-refractivity contribution is 5.74. The smallest absolute Gasteiger partial charge is 0.319 e. The zero-order valence-electron chi connectivity index (χ0n) is 12.4. The SMILES string of the molecule is O=C(N1CCCC1)N1CCC(C(O)c2ccccc2)CC1. The molecule has 2 aliphatic heterocycles. The third-order valence-corrected chi connectivity index (χ3v) is 4.77. The fraction of sp³-hybridized carbons (Fsp3) is 0.588. The number of aliphatic hydroxyl groups is 1. The summed E-state index contributed by atoms with van der Waals surface area (Å²) < 4.78 is 0. The van der Waals surface area contributed by atoms with Gasteiger partial charge in [-0.15, -0.1) is 0 Å². The molecule has 1 atom stereocenters. The molecule has 4 nitrogen and oxygen atoms in total. The standard InChI is InChI=1S/C17H24N2O2/c20-16(14-6-2-1-3-7-14)15-8-12-19(13-9-15)17(21)18-10-4-5-11-18/h1-3,6-7,15-16,20H,4-5,8-13H2. The first-order chi connectivity index (χ1) is 10.3. The zero-order valence-corrected chi connectivity index (χ0v) is 12.4. The van der Waals surface area contributed by atoms with E-state index in [1.54, 1.807) is 0 Å². The predicted octanol–water partition coefficient (Wildman–Crippen LogP) is 2.65. The lowest BCUT2D eigenvalue weighted by molar-refractivity contribution is 0.0616. The third-order valence-electron chi connectivity index (χ3n) is 4.77.